The molecule has 0 amide bonds. The second-order valence-electron chi connectivity index (χ2n) is 3.09. The van der Waals surface area contributed by atoms with Gasteiger partial charge in [-0.2, -0.15) is 0 Å². The molecule has 1 aromatic rings. The molecule has 0 saturated heterocycles. The lowest BCUT2D eigenvalue weighted by atomic mass is 10.2. The van der Waals surface area contributed by atoms with Crippen LogP contribution in [-0.4, -0.2) is 20.5 Å². The molecule has 0 saturated carbocycles. The van der Waals surface area contributed by atoms with Crippen LogP contribution >= 0.6 is 0 Å². The van der Waals surface area contributed by atoms with E-state index in [1.807, 2.05) is 18.5 Å². The van der Waals surface area contributed by atoms with Gasteiger partial charge in [0.2, 0.25) is 5.82 Å². The summed E-state index contributed by atoms with van der Waals surface area (Å²) in [6.45, 7) is 6.41. The van der Waals surface area contributed by atoms with Crippen LogP contribution < -0.4 is 0 Å². The van der Waals surface area contributed by atoms with Crippen LogP contribution in [0.25, 0.3) is 0 Å². The van der Waals surface area contributed by atoms with Gasteiger partial charge in [0, 0.05) is 21.3 Å². The number of hydrogen-bond donors (Lipinski definition) is 0. The first-order valence-corrected chi connectivity index (χ1v) is 5.22. The largest absolute Gasteiger partial charge is 0.291 e. The first-order valence-electron chi connectivity index (χ1n) is 5.22. The molecule has 0 bridgehead atoms. The third kappa shape index (κ3) is 2.19. The number of carbonyl (C=O) groups excluding carboxylic acids is 1. The van der Waals surface area contributed by atoms with Gasteiger partial charge < -0.3 is 0 Å². The van der Waals surface area contributed by atoms with Crippen LogP contribution in [0, 0.1) is 0 Å². The predicted octanol–water partition coefficient (Wildman–Crippen LogP) is 2.09. The number of fused-ring (bicyclic) bond motifs is 1. The van der Waals surface area contributed by atoms with E-state index in [-0.39, 0.29) is 7.21 Å². The topological polar surface area (TPSA) is 47.8 Å². The van der Waals surface area contributed by atoms with E-state index in [0.717, 1.165) is 31.6 Å². The lowest BCUT2D eigenvalue weighted by molar-refractivity contribution is 0.100. The molecule has 14 heavy (non-hydrogen) atoms. The minimum Gasteiger partial charge on any atom is -0.291 e. The molecule has 0 spiro atoms. The van der Waals surface area contributed by atoms with Crippen molar-refractivity contribution in [2.45, 2.75) is 46.6 Å². The lowest BCUT2D eigenvalue weighted by Gasteiger charge is -2.09. The molecule has 80 valence electrons. The highest BCUT2D eigenvalue weighted by atomic mass is 16.1. The van der Waals surface area contributed by atoms with Crippen LogP contribution in [0.2, 0.25) is 0 Å². The molecule has 0 aromatic carbocycles. The predicted molar refractivity (Wildman–Crippen MR) is 56.4 cm³/mol. The molecular formula is C10H19N3O. The third-order valence-electron chi connectivity index (χ3n) is 2.08. The monoisotopic (exact) mass is 197 g/mol. The van der Waals surface area contributed by atoms with Crippen molar-refractivity contribution >= 4 is 5.78 Å². The average molecular weight is 197 g/mol. The van der Waals surface area contributed by atoms with E-state index in [9.17, 15) is 4.79 Å². The maximum absolute atomic E-state index is 10.9. The Morgan fingerprint density at radius 1 is 1.43 bits per heavy atom. The number of aromatic nitrogens is 3. The molecule has 2 heterocycles. The van der Waals surface area contributed by atoms with Gasteiger partial charge in [-0.05, 0) is 12.8 Å². The lowest BCUT2D eigenvalue weighted by Crippen LogP contribution is -2.11. The molecule has 0 atom stereocenters. The minimum absolute atomic E-state index is 0. The fourth-order valence-corrected chi connectivity index (χ4v) is 1.43. The fraction of sp³-hybridized carbons (Fsp3) is 0.700. The number of carbonyl (C=O) groups is 1. The van der Waals surface area contributed by atoms with Crippen molar-refractivity contribution in [1.29, 1.82) is 0 Å². The number of hydrogen-bond acceptors (Lipinski definition) is 3. The van der Waals surface area contributed by atoms with Crippen molar-refractivity contribution in [3.63, 3.8) is 0 Å². The molecule has 1 aliphatic rings. The second kappa shape index (κ2) is 4.88. The highest BCUT2D eigenvalue weighted by Crippen LogP contribution is 2.11. The van der Waals surface area contributed by atoms with Crippen molar-refractivity contribution in [3.8, 4) is 0 Å². The van der Waals surface area contributed by atoms with E-state index in [4.69, 9.17) is 0 Å². The van der Waals surface area contributed by atoms with Crippen LogP contribution in [0.3, 0.4) is 0 Å². The van der Waals surface area contributed by atoms with E-state index in [0.29, 0.717) is 5.82 Å². The van der Waals surface area contributed by atoms with Crippen molar-refractivity contribution in [2.75, 3.05) is 0 Å². The quantitative estimate of drug-likeness (QED) is 0.648. The molecule has 0 aliphatic carbocycles. The van der Waals surface area contributed by atoms with Gasteiger partial charge in [0.15, 0.2) is 5.78 Å². The number of Topliss-reactive ketones (excluding diaryl/α,β-unsaturated/α-hetero) is 1. The maximum Gasteiger partial charge on any atom is 0.217 e. The molecular weight excluding hydrogens is 178 g/mol. The number of rotatable bonds is 1. The van der Waals surface area contributed by atoms with Crippen LogP contribution in [0.4, 0.5) is 0 Å². The zero-order valence-electron chi connectivity index (χ0n) is 9.08. The van der Waals surface area contributed by atoms with E-state index in [2.05, 4.69) is 10.1 Å². The number of ketones is 1. The van der Waals surface area contributed by atoms with Gasteiger partial charge in [-0.15, -0.1) is 5.10 Å². The number of aryl methyl sites for hydroxylation is 2. The standard InChI is InChI=1S/C8H11N3O.C2H6.H2/c1-6(12)8-9-7-4-2-3-5-11(7)10-8;1-2;/h2-5H2,1H3;1-2H3;1H. The summed E-state index contributed by atoms with van der Waals surface area (Å²) >= 11 is 0. The summed E-state index contributed by atoms with van der Waals surface area (Å²) in [5.41, 5.74) is 0. The van der Waals surface area contributed by atoms with E-state index in [1.165, 1.54) is 6.92 Å². The molecule has 2 rings (SSSR count). The fourth-order valence-electron chi connectivity index (χ4n) is 1.43. The van der Waals surface area contributed by atoms with E-state index in [1.54, 1.807) is 0 Å². The summed E-state index contributed by atoms with van der Waals surface area (Å²) in [4.78, 5) is 15.1. The van der Waals surface area contributed by atoms with Crippen molar-refractivity contribution in [3.05, 3.63) is 11.6 Å². The Balaban J connectivity index is 0.000000617. The van der Waals surface area contributed by atoms with E-state index >= 15 is 0 Å². The molecule has 0 unspecified atom stereocenters. The summed E-state index contributed by atoms with van der Waals surface area (Å²) in [5.74, 6) is 1.29. The Kier molecular flexibility index (Phi) is 3.80. The Morgan fingerprint density at radius 2 is 2.14 bits per heavy atom. The van der Waals surface area contributed by atoms with E-state index < -0.39 is 0 Å². The summed E-state index contributed by atoms with van der Waals surface area (Å²) < 4.78 is 1.85. The van der Waals surface area contributed by atoms with Crippen LogP contribution in [0.1, 0.15) is 51.5 Å². The van der Waals surface area contributed by atoms with Gasteiger partial charge in [-0.1, -0.05) is 13.8 Å². The Bertz CT molecular complexity index is 299. The van der Waals surface area contributed by atoms with Crippen molar-refractivity contribution in [2.24, 2.45) is 0 Å². The summed E-state index contributed by atoms with van der Waals surface area (Å²) in [7, 11) is 0. The minimum atomic E-state index is -0.0445. The maximum atomic E-state index is 10.9. The first-order chi connectivity index (χ1) is 6.77. The third-order valence-corrected chi connectivity index (χ3v) is 2.08. The van der Waals surface area contributed by atoms with Gasteiger partial charge in [-0.25, -0.2) is 9.67 Å². The molecule has 1 aliphatic heterocycles. The molecule has 0 N–H and O–H groups in total. The van der Waals surface area contributed by atoms with Gasteiger partial charge in [0.05, 0.1) is 0 Å². The molecule has 0 radical (unpaired) electrons. The van der Waals surface area contributed by atoms with Crippen LogP contribution in [0.15, 0.2) is 0 Å². The Morgan fingerprint density at radius 3 is 2.71 bits per heavy atom. The van der Waals surface area contributed by atoms with Crippen molar-refractivity contribution < 1.29 is 6.22 Å². The highest BCUT2D eigenvalue weighted by molar-refractivity contribution is 5.90. The smallest absolute Gasteiger partial charge is 0.217 e. The SMILES string of the molecule is CC.CC(=O)c1nc2n(n1)CCCC2.[HH]. The summed E-state index contributed by atoms with van der Waals surface area (Å²) in [5, 5.41) is 4.11. The summed E-state index contributed by atoms with van der Waals surface area (Å²) in [6.07, 6.45) is 3.27. The zero-order chi connectivity index (χ0) is 10.6. The second-order valence-corrected chi connectivity index (χ2v) is 3.09. The Hall–Kier alpha value is -1.19. The van der Waals surface area contributed by atoms with Crippen LogP contribution in [0.5, 0.6) is 0 Å². The zero-order valence-corrected chi connectivity index (χ0v) is 9.08. The normalized spacial score (nSPS) is 13.9. The molecule has 4 heteroatoms. The average Bonchev–Trinajstić information content (AvgIpc) is 2.64. The molecule has 1 aromatic heterocycles. The van der Waals surface area contributed by atoms with Crippen LogP contribution in [-0.2, 0) is 13.0 Å². The van der Waals surface area contributed by atoms with Gasteiger partial charge in [-0.3, -0.25) is 4.79 Å². The van der Waals surface area contributed by atoms with Gasteiger partial charge in [0.1, 0.15) is 5.82 Å². The van der Waals surface area contributed by atoms with Gasteiger partial charge in [0.25, 0.3) is 0 Å². The summed E-state index contributed by atoms with van der Waals surface area (Å²) in [6, 6.07) is 0. The molecule has 0 fully saturated rings. The van der Waals surface area contributed by atoms with Gasteiger partial charge >= 0.3 is 0 Å². The molecule has 4 nitrogen and oxygen atoms in total. The van der Waals surface area contributed by atoms with Crippen molar-refractivity contribution in [1.82, 2.24) is 14.8 Å². The number of nitrogens with zero attached hydrogens (tertiary/aromatic N) is 3. The first kappa shape index (κ1) is 10.9. The Labute approximate surface area is 85.8 Å². The highest BCUT2D eigenvalue weighted by Gasteiger charge is 2.15.